The Hall–Kier alpha value is -1.22. The van der Waals surface area contributed by atoms with Crippen LogP contribution in [-0.4, -0.2) is 11.4 Å². The van der Waals surface area contributed by atoms with E-state index < -0.39 is 5.54 Å². The minimum atomic E-state index is -0.662. The molecule has 0 aromatic heterocycles. The molecule has 1 aliphatic carbocycles. The highest BCUT2D eigenvalue weighted by molar-refractivity contribution is 6.30. The van der Waals surface area contributed by atoms with Crippen LogP contribution in [0.5, 0.6) is 0 Å². The van der Waals surface area contributed by atoms with Gasteiger partial charge in [-0.05, 0) is 43.9 Å². The van der Waals surface area contributed by atoms with Gasteiger partial charge in [0, 0.05) is 10.7 Å². The van der Waals surface area contributed by atoms with E-state index in [1.54, 1.807) is 12.1 Å². The number of nitrogens with one attached hydrogen (secondary N) is 1. The molecule has 1 saturated carbocycles. The number of hydrogen-bond donors (Lipinski definition) is 2. The van der Waals surface area contributed by atoms with Crippen molar-refractivity contribution in [3.63, 3.8) is 0 Å². The number of nitrogens with two attached hydrogens (primary N) is 1. The van der Waals surface area contributed by atoms with E-state index in [0.717, 1.165) is 18.5 Å². The molecule has 1 aromatic carbocycles. The lowest BCUT2D eigenvalue weighted by atomic mass is 9.94. The molecule has 2 rings (SSSR count). The predicted octanol–water partition coefficient (Wildman–Crippen LogP) is 2.41. The number of carbonyl (C=O) groups excluding carboxylic acids is 1. The van der Waals surface area contributed by atoms with E-state index in [2.05, 4.69) is 5.32 Å². The van der Waals surface area contributed by atoms with Crippen molar-refractivity contribution in [3.8, 4) is 0 Å². The van der Waals surface area contributed by atoms with Crippen LogP contribution in [0.3, 0.4) is 0 Å². The Balaban J connectivity index is 2.21. The van der Waals surface area contributed by atoms with E-state index >= 15 is 0 Å². The average Bonchev–Trinajstić information content (AvgIpc) is 3.00. The standard InChI is InChI=1S/C12H15ClN2O/c1-12(11(14)16,8-5-6-8)15-10-4-2-3-9(13)7-10/h2-4,7-8,15H,5-6H2,1H3,(H2,14,16). The van der Waals surface area contributed by atoms with Crippen LogP contribution in [0, 0.1) is 5.92 Å². The lowest BCUT2D eigenvalue weighted by Gasteiger charge is -2.28. The van der Waals surface area contributed by atoms with Crippen LogP contribution in [0.15, 0.2) is 24.3 Å². The minimum Gasteiger partial charge on any atom is -0.371 e. The molecule has 0 aliphatic heterocycles. The SMILES string of the molecule is CC(Nc1cccc(Cl)c1)(C(N)=O)C1CC1. The second kappa shape index (κ2) is 3.98. The highest BCUT2D eigenvalue weighted by Gasteiger charge is 2.46. The van der Waals surface area contributed by atoms with E-state index in [9.17, 15) is 4.79 Å². The third-order valence-electron chi connectivity index (χ3n) is 3.13. The summed E-state index contributed by atoms with van der Waals surface area (Å²) >= 11 is 5.89. The number of anilines is 1. The summed E-state index contributed by atoms with van der Waals surface area (Å²) in [6, 6.07) is 7.32. The molecule has 0 radical (unpaired) electrons. The van der Waals surface area contributed by atoms with E-state index in [4.69, 9.17) is 17.3 Å². The quantitative estimate of drug-likeness (QED) is 0.847. The van der Waals surface area contributed by atoms with Gasteiger partial charge in [0.05, 0.1) is 0 Å². The van der Waals surface area contributed by atoms with Crippen LogP contribution >= 0.6 is 11.6 Å². The Morgan fingerprint density at radius 1 is 1.56 bits per heavy atom. The fraction of sp³-hybridized carbons (Fsp3) is 0.417. The fourth-order valence-electron chi connectivity index (χ4n) is 1.89. The number of halogens is 1. The Kier molecular flexibility index (Phi) is 2.80. The molecule has 0 heterocycles. The van der Waals surface area contributed by atoms with Crippen LogP contribution in [-0.2, 0) is 4.79 Å². The zero-order valence-electron chi connectivity index (χ0n) is 9.16. The first-order chi connectivity index (χ1) is 7.52. The lowest BCUT2D eigenvalue weighted by molar-refractivity contribution is -0.122. The zero-order chi connectivity index (χ0) is 11.8. The Morgan fingerprint density at radius 3 is 2.75 bits per heavy atom. The second-order valence-corrected chi connectivity index (χ2v) is 4.91. The Bertz CT molecular complexity index is 417. The summed E-state index contributed by atoms with van der Waals surface area (Å²) in [5.41, 5.74) is 5.64. The molecular weight excluding hydrogens is 224 g/mol. The molecular formula is C12H15ClN2O. The van der Waals surface area contributed by atoms with Crippen LogP contribution in [0.1, 0.15) is 19.8 Å². The second-order valence-electron chi connectivity index (χ2n) is 4.48. The topological polar surface area (TPSA) is 55.1 Å². The number of primary amides is 1. The molecule has 1 unspecified atom stereocenters. The molecule has 0 saturated heterocycles. The summed E-state index contributed by atoms with van der Waals surface area (Å²) in [6.45, 7) is 1.86. The molecule has 0 spiro atoms. The molecule has 3 N–H and O–H groups in total. The van der Waals surface area contributed by atoms with E-state index in [-0.39, 0.29) is 5.91 Å². The smallest absolute Gasteiger partial charge is 0.243 e. The van der Waals surface area contributed by atoms with Crippen molar-refractivity contribution in [3.05, 3.63) is 29.3 Å². The van der Waals surface area contributed by atoms with Crippen molar-refractivity contribution < 1.29 is 4.79 Å². The third kappa shape index (κ3) is 2.14. The highest BCUT2D eigenvalue weighted by atomic mass is 35.5. The first kappa shape index (κ1) is 11.3. The van der Waals surface area contributed by atoms with Gasteiger partial charge < -0.3 is 11.1 Å². The summed E-state index contributed by atoms with van der Waals surface area (Å²) < 4.78 is 0. The molecule has 16 heavy (non-hydrogen) atoms. The van der Waals surface area contributed by atoms with Gasteiger partial charge in [0.25, 0.3) is 0 Å². The van der Waals surface area contributed by atoms with E-state index in [0.29, 0.717) is 10.9 Å². The maximum atomic E-state index is 11.5. The molecule has 1 aromatic rings. The van der Waals surface area contributed by atoms with E-state index in [1.165, 1.54) is 0 Å². The summed E-state index contributed by atoms with van der Waals surface area (Å²) in [5.74, 6) is 0.0268. The predicted molar refractivity (Wildman–Crippen MR) is 65.4 cm³/mol. The average molecular weight is 239 g/mol. The summed E-state index contributed by atoms with van der Waals surface area (Å²) in [5, 5.41) is 3.84. The van der Waals surface area contributed by atoms with Gasteiger partial charge in [-0.25, -0.2) is 0 Å². The van der Waals surface area contributed by atoms with Crippen LogP contribution < -0.4 is 11.1 Å². The molecule has 1 aliphatic rings. The Morgan fingerprint density at radius 2 is 2.25 bits per heavy atom. The van der Waals surface area contributed by atoms with Gasteiger partial charge in [0.15, 0.2) is 0 Å². The Labute approximate surface area is 100.0 Å². The van der Waals surface area contributed by atoms with Crippen LogP contribution in [0.4, 0.5) is 5.69 Å². The van der Waals surface area contributed by atoms with Crippen molar-refractivity contribution in [2.45, 2.75) is 25.3 Å². The highest BCUT2D eigenvalue weighted by Crippen LogP contribution is 2.41. The van der Waals surface area contributed by atoms with Crippen molar-refractivity contribution in [1.82, 2.24) is 0 Å². The normalized spacial score (nSPS) is 18.9. The summed E-state index contributed by atoms with van der Waals surface area (Å²) in [4.78, 5) is 11.5. The molecule has 0 bridgehead atoms. The number of carbonyl (C=O) groups is 1. The minimum absolute atomic E-state index is 0.310. The van der Waals surface area contributed by atoms with Crippen LogP contribution in [0.25, 0.3) is 0 Å². The molecule has 3 nitrogen and oxygen atoms in total. The maximum absolute atomic E-state index is 11.5. The number of amides is 1. The lowest BCUT2D eigenvalue weighted by Crippen LogP contribution is -2.49. The van der Waals surface area contributed by atoms with Gasteiger partial charge in [-0.15, -0.1) is 0 Å². The van der Waals surface area contributed by atoms with Crippen molar-refractivity contribution >= 4 is 23.2 Å². The van der Waals surface area contributed by atoms with Gasteiger partial charge >= 0.3 is 0 Å². The van der Waals surface area contributed by atoms with Gasteiger partial charge in [-0.2, -0.15) is 0 Å². The molecule has 1 atom stereocenters. The van der Waals surface area contributed by atoms with Crippen molar-refractivity contribution in [1.29, 1.82) is 0 Å². The van der Waals surface area contributed by atoms with E-state index in [1.807, 2.05) is 19.1 Å². The zero-order valence-corrected chi connectivity index (χ0v) is 9.92. The third-order valence-corrected chi connectivity index (χ3v) is 3.37. The van der Waals surface area contributed by atoms with Gasteiger partial charge in [-0.1, -0.05) is 17.7 Å². The number of rotatable bonds is 4. The fourth-order valence-corrected chi connectivity index (χ4v) is 2.08. The maximum Gasteiger partial charge on any atom is 0.243 e. The molecule has 86 valence electrons. The summed E-state index contributed by atoms with van der Waals surface area (Å²) in [6.07, 6.45) is 2.10. The number of hydrogen-bond acceptors (Lipinski definition) is 2. The van der Waals surface area contributed by atoms with Crippen molar-refractivity contribution in [2.75, 3.05) is 5.32 Å². The van der Waals surface area contributed by atoms with Crippen molar-refractivity contribution in [2.24, 2.45) is 11.7 Å². The van der Waals surface area contributed by atoms with Gasteiger partial charge in [0.1, 0.15) is 5.54 Å². The van der Waals surface area contributed by atoms with Crippen LogP contribution in [0.2, 0.25) is 5.02 Å². The summed E-state index contributed by atoms with van der Waals surface area (Å²) in [7, 11) is 0. The largest absolute Gasteiger partial charge is 0.371 e. The molecule has 4 heteroatoms. The molecule has 1 fully saturated rings. The monoisotopic (exact) mass is 238 g/mol. The van der Waals surface area contributed by atoms with Gasteiger partial charge in [0.2, 0.25) is 5.91 Å². The first-order valence-corrected chi connectivity index (χ1v) is 5.74. The molecule has 1 amide bonds. The number of benzene rings is 1. The first-order valence-electron chi connectivity index (χ1n) is 5.36. The van der Waals surface area contributed by atoms with Gasteiger partial charge in [-0.3, -0.25) is 4.79 Å².